The predicted molar refractivity (Wildman–Crippen MR) is 110 cm³/mol. The number of H-pyrrole nitrogens is 1. The molecule has 0 atom stereocenters. The average Bonchev–Trinajstić information content (AvgIpc) is 3.13. The summed E-state index contributed by atoms with van der Waals surface area (Å²) in [6, 6.07) is 14.1. The number of anilines is 1. The van der Waals surface area contributed by atoms with Crippen molar-refractivity contribution in [2.45, 2.75) is 5.03 Å². The standard InChI is InChI=1S/C19H14ClN5O3S/c20-13-3-5-14(6-4-13)25-29(27,28)17-8-2-12(10-22-17)19-23-15-7-1-11(18(21)26)9-16(15)24-19/h1-10,25H,(H2,21,26)(H,23,24). The minimum absolute atomic E-state index is 0.136. The molecule has 4 rings (SSSR count). The number of nitrogens with zero attached hydrogens (tertiary/aromatic N) is 2. The van der Waals surface area contributed by atoms with Crippen LogP contribution in [0.5, 0.6) is 0 Å². The summed E-state index contributed by atoms with van der Waals surface area (Å²) in [6.45, 7) is 0. The van der Waals surface area contributed by atoms with Crippen molar-refractivity contribution in [3.05, 3.63) is 71.4 Å². The normalized spacial score (nSPS) is 11.5. The van der Waals surface area contributed by atoms with Gasteiger partial charge in [0.25, 0.3) is 10.0 Å². The fourth-order valence-electron chi connectivity index (χ4n) is 2.70. The van der Waals surface area contributed by atoms with Gasteiger partial charge in [0.15, 0.2) is 5.03 Å². The van der Waals surface area contributed by atoms with E-state index in [-0.39, 0.29) is 5.03 Å². The van der Waals surface area contributed by atoms with E-state index in [0.29, 0.717) is 38.7 Å². The zero-order valence-corrected chi connectivity index (χ0v) is 16.3. The zero-order chi connectivity index (χ0) is 20.6. The van der Waals surface area contributed by atoms with Gasteiger partial charge >= 0.3 is 0 Å². The van der Waals surface area contributed by atoms with Crippen LogP contribution in [-0.4, -0.2) is 29.3 Å². The Kier molecular flexibility index (Phi) is 4.69. The maximum atomic E-state index is 12.5. The van der Waals surface area contributed by atoms with E-state index >= 15 is 0 Å². The molecule has 4 aromatic rings. The number of nitrogens with two attached hydrogens (primary N) is 1. The van der Waals surface area contributed by atoms with Gasteiger partial charge in [0.2, 0.25) is 5.91 Å². The van der Waals surface area contributed by atoms with Crippen LogP contribution < -0.4 is 10.5 Å². The average molecular weight is 428 g/mol. The number of primary amides is 1. The van der Waals surface area contributed by atoms with Crippen molar-refractivity contribution < 1.29 is 13.2 Å². The van der Waals surface area contributed by atoms with Gasteiger partial charge in [0.05, 0.1) is 11.0 Å². The van der Waals surface area contributed by atoms with Gasteiger partial charge in [-0.2, -0.15) is 8.42 Å². The number of rotatable bonds is 5. The number of benzene rings is 2. The summed E-state index contributed by atoms with van der Waals surface area (Å²) in [5.41, 5.74) is 7.90. The van der Waals surface area contributed by atoms with Gasteiger partial charge in [-0.15, -0.1) is 0 Å². The van der Waals surface area contributed by atoms with Crippen LogP contribution in [0, 0.1) is 0 Å². The van der Waals surface area contributed by atoms with E-state index in [4.69, 9.17) is 17.3 Å². The molecule has 146 valence electrons. The number of halogens is 1. The minimum atomic E-state index is -3.85. The second-order valence-corrected chi connectivity index (χ2v) is 8.24. The Hall–Kier alpha value is -3.43. The summed E-state index contributed by atoms with van der Waals surface area (Å²) in [7, 11) is -3.85. The number of aromatic amines is 1. The lowest BCUT2D eigenvalue weighted by atomic mass is 10.2. The highest BCUT2D eigenvalue weighted by Gasteiger charge is 2.17. The molecule has 0 aliphatic heterocycles. The lowest BCUT2D eigenvalue weighted by Crippen LogP contribution is -2.14. The van der Waals surface area contributed by atoms with E-state index < -0.39 is 15.9 Å². The molecule has 0 saturated heterocycles. The molecule has 2 heterocycles. The number of fused-ring (bicyclic) bond motifs is 1. The van der Waals surface area contributed by atoms with Crippen molar-refractivity contribution in [1.82, 2.24) is 15.0 Å². The summed E-state index contributed by atoms with van der Waals surface area (Å²) < 4.78 is 27.4. The molecule has 0 spiro atoms. The van der Waals surface area contributed by atoms with Gasteiger partial charge in [0.1, 0.15) is 5.82 Å². The van der Waals surface area contributed by atoms with Gasteiger partial charge in [-0.3, -0.25) is 9.52 Å². The second kappa shape index (κ2) is 7.19. The predicted octanol–water partition coefficient (Wildman–Crippen LogP) is 3.18. The lowest BCUT2D eigenvalue weighted by Gasteiger charge is -2.07. The molecule has 2 aromatic heterocycles. The van der Waals surface area contributed by atoms with Crippen molar-refractivity contribution in [2.75, 3.05) is 4.72 Å². The molecule has 2 aromatic carbocycles. The maximum Gasteiger partial charge on any atom is 0.279 e. The van der Waals surface area contributed by atoms with E-state index in [1.807, 2.05) is 0 Å². The van der Waals surface area contributed by atoms with Gasteiger partial charge in [-0.05, 0) is 54.6 Å². The summed E-state index contributed by atoms with van der Waals surface area (Å²) in [6.07, 6.45) is 1.41. The second-order valence-electron chi connectivity index (χ2n) is 6.18. The molecule has 4 N–H and O–H groups in total. The molecule has 0 fully saturated rings. The molecule has 8 nitrogen and oxygen atoms in total. The van der Waals surface area contributed by atoms with Crippen molar-refractivity contribution >= 4 is 44.3 Å². The highest BCUT2D eigenvalue weighted by molar-refractivity contribution is 7.92. The Balaban J connectivity index is 1.61. The van der Waals surface area contributed by atoms with Gasteiger partial charge < -0.3 is 10.7 Å². The number of hydrogen-bond acceptors (Lipinski definition) is 5. The number of nitrogens with one attached hydrogen (secondary N) is 2. The van der Waals surface area contributed by atoms with Crippen molar-refractivity contribution in [3.8, 4) is 11.4 Å². The Morgan fingerprint density at radius 1 is 1.07 bits per heavy atom. The first-order valence-corrected chi connectivity index (χ1v) is 10.2. The minimum Gasteiger partial charge on any atom is -0.366 e. The van der Waals surface area contributed by atoms with Crippen molar-refractivity contribution in [3.63, 3.8) is 0 Å². The van der Waals surface area contributed by atoms with Gasteiger partial charge in [0, 0.05) is 28.0 Å². The fraction of sp³-hybridized carbons (Fsp3) is 0. The molecular weight excluding hydrogens is 414 g/mol. The molecule has 10 heteroatoms. The summed E-state index contributed by atoms with van der Waals surface area (Å²) in [5, 5.41) is 0.368. The number of pyridine rings is 1. The number of sulfonamides is 1. The third-order valence-corrected chi connectivity index (χ3v) is 5.70. The lowest BCUT2D eigenvalue weighted by molar-refractivity contribution is 0.100. The fourth-order valence-corrected chi connectivity index (χ4v) is 3.82. The number of amides is 1. The van der Waals surface area contributed by atoms with Crippen LogP contribution in [0.1, 0.15) is 10.4 Å². The summed E-state index contributed by atoms with van der Waals surface area (Å²) in [5.74, 6) is -0.0452. The highest BCUT2D eigenvalue weighted by atomic mass is 35.5. The third kappa shape index (κ3) is 3.91. The smallest absolute Gasteiger partial charge is 0.279 e. The molecule has 0 aliphatic rings. The van der Waals surface area contributed by atoms with Gasteiger partial charge in [-0.1, -0.05) is 11.6 Å². The molecular formula is C19H14ClN5O3S. The summed E-state index contributed by atoms with van der Waals surface area (Å²) >= 11 is 5.81. The number of aromatic nitrogens is 3. The summed E-state index contributed by atoms with van der Waals surface area (Å²) in [4.78, 5) is 22.9. The van der Waals surface area contributed by atoms with Crippen molar-refractivity contribution in [1.29, 1.82) is 0 Å². The first-order chi connectivity index (χ1) is 13.8. The van der Waals surface area contributed by atoms with Crippen LogP contribution in [0.4, 0.5) is 5.69 Å². The molecule has 0 bridgehead atoms. The largest absolute Gasteiger partial charge is 0.366 e. The molecule has 0 saturated carbocycles. The topological polar surface area (TPSA) is 131 Å². The monoisotopic (exact) mass is 427 g/mol. The Morgan fingerprint density at radius 3 is 2.48 bits per heavy atom. The third-order valence-electron chi connectivity index (χ3n) is 4.15. The van der Waals surface area contributed by atoms with Crippen molar-refractivity contribution in [2.24, 2.45) is 5.73 Å². The van der Waals surface area contributed by atoms with E-state index in [1.165, 1.54) is 12.3 Å². The molecule has 1 amide bonds. The zero-order valence-electron chi connectivity index (χ0n) is 14.8. The van der Waals surface area contributed by atoms with Gasteiger partial charge in [-0.25, -0.2) is 9.97 Å². The van der Waals surface area contributed by atoms with Crippen LogP contribution in [-0.2, 0) is 10.0 Å². The van der Waals surface area contributed by atoms with Crippen LogP contribution in [0.2, 0.25) is 5.02 Å². The SMILES string of the molecule is NC(=O)c1ccc2nc(-c3ccc(S(=O)(=O)Nc4ccc(Cl)cc4)nc3)[nH]c2c1. The Bertz CT molecular complexity index is 1320. The molecule has 29 heavy (non-hydrogen) atoms. The Morgan fingerprint density at radius 2 is 1.83 bits per heavy atom. The number of carbonyl (C=O) groups excluding carboxylic acids is 1. The van der Waals surface area contributed by atoms with E-state index in [0.717, 1.165) is 0 Å². The van der Waals surface area contributed by atoms with Crippen LogP contribution in [0.3, 0.4) is 0 Å². The van der Waals surface area contributed by atoms with E-state index in [9.17, 15) is 13.2 Å². The van der Waals surface area contributed by atoms with Crippen LogP contribution >= 0.6 is 11.6 Å². The quantitative estimate of drug-likeness (QED) is 0.450. The van der Waals surface area contributed by atoms with Crippen LogP contribution in [0.25, 0.3) is 22.4 Å². The van der Waals surface area contributed by atoms with E-state index in [1.54, 1.807) is 48.5 Å². The van der Waals surface area contributed by atoms with Crippen LogP contribution in [0.15, 0.2) is 65.8 Å². The Labute approximate surface area is 170 Å². The van der Waals surface area contributed by atoms with E-state index in [2.05, 4.69) is 19.7 Å². The first-order valence-electron chi connectivity index (χ1n) is 8.36. The number of carbonyl (C=O) groups is 1. The highest BCUT2D eigenvalue weighted by Crippen LogP contribution is 2.23. The molecule has 0 unspecified atom stereocenters. The molecule has 0 radical (unpaired) electrons. The molecule has 0 aliphatic carbocycles. The number of imidazole rings is 1. The maximum absolute atomic E-state index is 12.5. The first kappa shape index (κ1) is 18.9. The number of hydrogen-bond donors (Lipinski definition) is 3.